The van der Waals surface area contributed by atoms with Crippen molar-refractivity contribution in [2.75, 3.05) is 21.3 Å². The number of phenols is 1. The van der Waals surface area contributed by atoms with Gasteiger partial charge in [0.2, 0.25) is 5.78 Å². The standard InChI is InChI=1S/C15H14O4.C13H16O4/c1-18-11-8-12(16)14(13(9-11)19-2)15(17)10-6-4-3-5-7-10;1-13(2)7-6-8-10(17-13)5-4-9(12(14)15)11(8)16-3/h3-9,16H,1-2H3;4-5H,6-7H2,1-3H3,(H,14,15). The third-order valence-corrected chi connectivity index (χ3v) is 5.79. The van der Waals surface area contributed by atoms with Crippen LogP contribution in [0, 0.1) is 0 Å². The lowest BCUT2D eigenvalue weighted by atomic mass is 9.92. The van der Waals surface area contributed by atoms with E-state index in [1.807, 2.05) is 19.9 Å². The van der Waals surface area contributed by atoms with Crippen LogP contribution in [0.5, 0.6) is 28.7 Å². The highest BCUT2D eigenvalue weighted by molar-refractivity contribution is 6.12. The summed E-state index contributed by atoms with van der Waals surface area (Å²) in [5, 5.41) is 19.1. The first-order valence-electron chi connectivity index (χ1n) is 11.3. The second-order valence-corrected chi connectivity index (χ2v) is 8.71. The molecular weight excluding hydrogens is 464 g/mol. The van der Waals surface area contributed by atoms with E-state index in [0.717, 1.165) is 24.2 Å². The number of ether oxygens (including phenoxy) is 4. The van der Waals surface area contributed by atoms with Crippen molar-refractivity contribution < 1.29 is 38.7 Å². The Balaban J connectivity index is 0.000000202. The fraction of sp³-hybridized carbons (Fsp3) is 0.286. The van der Waals surface area contributed by atoms with E-state index in [1.54, 1.807) is 36.4 Å². The number of hydrogen-bond donors (Lipinski definition) is 2. The molecule has 0 amide bonds. The molecule has 0 saturated carbocycles. The molecule has 0 atom stereocenters. The van der Waals surface area contributed by atoms with E-state index in [2.05, 4.69) is 0 Å². The highest BCUT2D eigenvalue weighted by atomic mass is 16.5. The van der Waals surface area contributed by atoms with E-state index in [1.165, 1.54) is 33.5 Å². The number of carbonyl (C=O) groups excluding carboxylic acids is 1. The third kappa shape index (κ3) is 5.71. The largest absolute Gasteiger partial charge is 0.507 e. The lowest BCUT2D eigenvalue weighted by Crippen LogP contribution is -2.32. The maximum Gasteiger partial charge on any atom is 0.339 e. The molecule has 0 fully saturated rings. The number of rotatable bonds is 6. The molecule has 36 heavy (non-hydrogen) atoms. The molecule has 3 aromatic carbocycles. The Kier molecular flexibility index (Phi) is 8.09. The van der Waals surface area contributed by atoms with Gasteiger partial charge in [-0.15, -0.1) is 0 Å². The SMILES string of the molecule is COc1c(C(=O)O)ccc2c1CCC(C)(C)O2.COc1cc(O)c(C(=O)c2ccccc2)c(OC)c1. The van der Waals surface area contributed by atoms with Crippen LogP contribution in [-0.2, 0) is 6.42 Å². The number of ketones is 1. The zero-order valence-electron chi connectivity index (χ0n) is 21.0. The Morgan fingerprint density at radius 1 is 0.944 bits per heavy atom. The Bertz CT molecular complexity index is 1250. The Labute approximate surface area is 210 Å². The number of aromatic hydroxyl groups is 1. The van der Waals surface area contributed by atoms with Crippen molar-refractivity contribution in [3.05, 3.63) is 76.9 Å². The molecule has 0 saturated heterocycles. The number of methoxy groups -OCH3 is 3. The van der Waals surface area contributed by atoms with Crippen LogP contribution in [0.25, 0.3) is 0 Å². The molecule has 0 radical (unpaired) electrons. The fourth-order valence-corrected chi connectivity index (χ4v) is 3.94. The molecule has 4 rings (SSSR count). The van der Waals surface area contributed by atoms with Crippen LogP contribution in [0.15, 0.2) is 54.6 Å². The monoisotopic (exact) mass is 494 g/mol. The van der Waals surface area contributed by atoms with E-state index >= 15 is 0 Å². The molecule has 2 N–H and O–H groups in total. The summed E-state index contributed by atoms with van der Waals surface area (Å²) in [6.07, 6.45) is 1.62. The van der Waals surface area contributed by atoms with Crippen LogP contribution in [0.1, 0.15) is 52.1 Å². The minimum atomic E-state index is -0.977. The highest BCUT2D eigenvalue weighted by Gasteiger charge is 2.30. The van der Waals surface area contributed by atoms with Crippen molar-refractivity contribution in [1.29, 1.82) is 0 Å². The van der Waals surface area contributed by atoms with Gasteiger partial charge in [-0.2, -0.15) is 0 Å². The normalized spacial score (nSPS) is 13.2. The van der Waals surface area contributed by atoms with E-state index in [0.29, 0.717) is 17.1 Å². The molecule has 1 aliphatic rings. The minimum absolute atomic E-state index is 0.134. The van der Waals surface area contributed by atoms with Crippen LogP contribution >= 0.6 is 0 Å². The number of carboxylic acids is 1. The quantitative estimate of drug-likeness (QED) is 0.453. The lowest BCUT2D eigenvalue weighted by molar-refractivity contribution is 0.0689. The van der Waals surface area contributed by atoms with Crippen molar-refractivity contribution in [3.8, 4) is 28.7 Å². The number of benzene rings is 3. The first kappa shape index (κ1) is 26.4. The van der Waals surface area contributed by atoms with Crippen LogP contribution in [0.4, 0.5) is 0 Å². The zero-order valence-corrected chi connectivity index (χ0v) is 21.0. The summed E-state index contributed by atoms with van der Waals surface area (Å²) >= 11 is 0. The van der Waals surface area contributed by atoms with Gasteiger partial charge in [-0.05, 0) is 38.8 Å². The number of carbonyl (C=O) groups is 2. The van der Waals surface area contributed by atoms with Crippen LogP contribution < -0.4 is 18.9 Å². The average molecular weight is 495 g/mol. The summed E-state index contributed by atoms with van der Waals surface area (Å²) in [4.78, 5) is 23.4. The summed E-state index contributed by atoms with van der Waals surface area (Å²) in [6, 6.07) is 14.9. The van der Waals surface area contributed by atoms with Gasteiger partial charge in [0.25, 0.3) is 0 Å². The maximum atomic E-state index is 12.4. The van der Waals surface area contributed by atoms with Gasteiger partial charge in [0.1, 0.15) is 45.5 Å². The molecular formula is C28H30O8. The summed E-state index contributed by atoms with van der Waals surface area (Å²) < 4.78 is 21.2. The minimum Gasteiger partial charge on any atom is -0.507 e. The zero-order chi connectivity index (χ0) is 26.5. The van der Waals surface area contributed by atoms with Crippen molar-refractivity contribution in [1.82, 2.24) is 0 Å². The first-order chi connectivity index (χ1) is 17.1. The number of aromatic carboxylic acids is 1. The van der Waals surface area contributed by atoms with Gasteiger partial charge in [0, 0.05) is 23.3 Å². The summed E-state index contributed by atoms with van der Waals surface area (Å²) in [5.74, 6) is 0.426. The smallest absolute Gasteiger partial charge is 0.339 e. The summed E-state index contributed by atoms with van der Waals surface area (Å²) in [7, 11) is 4.41. The Morgan fingerprint density at radius 2 is 1.64 bits per heavy atom. The topological polar surface area (TPSA) is 112 Å². The van der Waals surface area contributed by atoms with Gasteiger partial charge in [-0.25, -0.2) is 4.79 Å². The number of phenolic OH excluding ortho intramolecular Hbond substituents is 1. The second kappa shape index (κ2) is 11.0. The number of hydrogen-bond acceptors (Lipinski definition) is 7. The summed E-state index contributed by atoms with van der Waals surface area (Å²) in [6.45, 7) is 4.04. The molecule has 1 heterocycles. The maximum absolute atomic E-state index is 12.4. The number of carboxylic acid groups (broad SMARTS) is 1. The lowest BCUT2D eigenvalue weighted by Gasteiger charge is -2.33. The van der Waals surface area contributed by atoms with Crippen molar-refractivity contribution in [2.45, 2.75) is 32.3 Å². The van der Waals surface area contributed by atoms with Gasteiger partial charge in [-0.1, -0.05) is 30.3 Å². The van der Waals surface area contributed by atoms with Crippen LogP contribution in [0.2, 0.25) is 0 Å². The van der Waals surface area contributed by atoms with Gasteiger partial charge in [0.15, 0.2) is 0 Å². The average Bonchev–Trinajstić information content (AvgIpc) is 2.87. The van der Waals surface area contributed by atoms with Crippen molar-refractivity contribution in [3.63, 3.8) is 0 Å². The van der Waals surface area contributed by atoms with Gasteiger partial charge in [0.05, 0.1) is 21.3 Å². The van der Waals surface area contributed by atoms with Crippen molar-refractivity contribution >= 4 is 11.8 Å². The Morgan fingerprint density at radius 3 is 2.22 bits per heavy atom. The third-order valence-electron chi connectivity index (χ3n) is 5.79. The van der Waals surface area contributed by atoms with E-state index in [-0.39, 0.29) is 34.0 Å². The van der Waals surface area contributed by atoms with E-state index in [9.17, 15) is 14.7 Å². The molecule has 1 aliphatic heterocycles. The molecule has 3 aromatic rings. The van der Waals surface area contributed by atoms with Crippen LogP contribution in [0.3, 0.4) is 0 Å². The van der Waals surface area contributed by atoms with Gasteiger partial charge in [-0.3, -0.25) is 4.79 Å². The molecule has 0 spiro atoms. The highest BCUT2D eigenvalue weighted by Crippen LogP contribution is 2.40. The first-order valence-corrected chi connectivity index (χ1v) is 11.3. The molecule has 0 aliphatic carbocycles. The summed E-state index contributed by atoms with van der Waals surface area (Å²) in [5.41, 5.74) is 1.46. The second-order valence-electron chi connectivity index (χ2n) is 8.71. The van der Waals surface area contributed by atoms with E-state index in [4.69, 9.17) is 24.1 Å². The molecule has 190 valence electrons. The van der Waals surface area contributed by atoms with Crippen molar-refractivity contribution in [2.24, 2.45) is 0 Å². The molecule has 0 unspecified atom stereocenters. The van der Waals surface area contributed by atoms with E-state index < -0.39 is 5.97 Å². The molecule has 8 nitrogen and oxygen atoms in total. The van der Waals surface area contributed by atoms with Gasteiger partial charge < -0.3 is 29.2 Å². The predicted molar refractivity (Wildman–Crippen MR) is 134 cm³/mol. The fourth-order valence-electron chi connectivity index (χ4n) is 3.94. The molecule has 0 aromatic heterocycles. The molecule has 0 bridgehead atoms. The van der Waals surface area contributed by atoms with Gasteiger partial charge >= 0.3 is 5.97 Å². The predicted octanol–water partition coefficient (Wildman–Crippen LogP) is 5.14. The van der Waals surface area contributed by atoms with Crippen LogP contribution in [-0.4, -0.2) is 48.9 Å². The Hall–Kier alpha value is -4.20. The molecule has 8 heteroatoms. The number of fused-ring (bicyclic) bond motifs is 1.